The lowest BCUT2D eigenvalue weighted by Crippen LogP contribution is -2.52. The minimum Gasteiger partial charge on any atom is -0.352 e. The van der Waals surface area contributed by atoms with Gasteiger partial charge in [0.2, 0.25) is 5.91 Å². The molecular formula is C20H30N2O2. The van der Waals surface area contributed by atoms with Crippen molar-refractivity contribution in [2.45, 2.75) is 71.4 Å². The number of hydrogen-bond acceptors (Lipinski definition) is 2. The zero-order valence-corrected chi connectivity index (χ0v) is 15.1. The van der Waals surface area contributed by atoms with E-state index in [2.05, 4.69) is 10.6 Å². The van der Waals surface area contributed by atoms with Crippen molar-refractivity contribution in [3.8, 4) is 0 Å². The van der Waals surface area contributed by atoms with E-state index in [-0.39, 0.29) is 23.8 Å². The average molecular weight is 330 g/mol. The van der Waals surface area contributed by atoms with Crippen LogP contribution in [0.2, 0.25) is 0 Å². The first-order chi connectivity index (χ1) is 11.5. The summed E-state index contributed by atoms with van der Waals surface area (Å²) in [5.74, 6) is -0.189. The van der Waals surface area contributed by atoms with Crippen molar-refractivity contribution in [3.05, 3.63) is 35.4 Å². The summed E-state index contributed by atoms with van der Waals surface area (Å²) in [6, 6.07) is 7.20. The molecule has 1 aliphatic rings. The van der Waals surface area contributed by atoms with Gasteiger partial charge in [-0.1, -0.05) is 57.7 Å². The van der Waals surface area contributed by atoms with E-state index in [9.17, 15) is 9.59 Å². The lowest BCUT2D eigenvalue weighted by molar-refractivity contribution is -0.124. The Labute approximate surface area is 145 Å². The Morgan fingerprint density at radius 2 is 1.67 bits per heavy atom. The molecule has 1 aromatic carbocycles. The first kappa shape index (κ1) is 18.5. The molecule has 4 nitrogen and oxygen atoms in total. The van der Waals surface area contributed by atoms with Gasteiger partial charge in [-0.3, -0.25) is 9.59 Å². The van der Waals surface area contributed by atoms with Crippen molar-refractivity contribution in [2.24, 2.45) is 5.92 Å². The number of rotatable bonds is 5. The monoisotopic (exact) mass is 330 g/mol. The maximum atomic E-state index is 12.7. The molecule has 1 saturated carbocycles. The highest BCUT2D eigenvalue weighted by atomic mass is 16.2. The SMILES string of the molecule is Cc1ccccc1C(=O)NC(C(=O)NC1CCCCCC1)C(C)C. The van der Waals surface area contributed by atoms with E-state index in [1.165, 1.54) is 25.7 Å². The molecule has 0 spiro atoms. The largest absolute Gasteiger partial charge is 0.352 e. The van der Waals surface area contributed by atoms with E-state index in [0.717, 1.165) is 18.4 Å². The lowest BCUT2D eigenvalue weighted by atomic mass is 10.0. The van der Waals surface area contributed by atoms with E-state index in [1.54, 1.807) is 6.07 Å². The summed E-state index contributed by atoms with van der Waals surface area (Å²) in [5.41, 5.74) is 1.55. The highest BCUT2D eigenvalue weighted by molar-refractivity contribution is 5.98. The van der Waals surface area contributed by atoms with Crippen LogP contribution in [0.5, 0.6) is 0 Å². The van der Waals surface area contributed by atoms with Gasteiger partial charge in [0.15, 0.2) is 0 Å². The molecule has 1 aromatic rings. The maximum absolute atomic E-state index is 12.7. The molecule has 1 atom stereocenters. The van der Waals surface area contributed by atoms with Crippen molar-refractivity contribution < 1.29 is 9.59 Å². The fourth-order valence-electron chi connectivity index (χ4n) is 3.30. The topological polar surface area (TPSA) is 58.2 Å². The van der Waals surface area contributed by atoms with Crippen LogP contribution in [0.3, 0.4) is 0 Å². The van der Waals surface area contributed by atoms with Crippen molar-refractivity contribution in [3.63, 3.8) is 0 Å². The fourth-order valence-corrected chi connectivity index (χ4v) is 3.30. The van der Waals surface area contributed by atoms with Gasteiger partial charge in [0, 0.05) is 11.6 Å². The van der Waals surface area contributed by atoms with E-state index in [4.69, 9.17) is 0 Å². The Hall–Kier alpha value is -1.84. The molecule has 24 heavy (non-hydrogen) atoms. The van der Waals surface area contributed by atoms with Crippen LogP contribution >= 0.6 is 0 Å². The van der Waals surface area contributed by atoms with Gasteiger partial charge in [0.05, 0.1) is 0 Å². The molecule has 1 aliphatic carbocycles. The number of carbonyl (C=O) groups is 2. The van der Waals surface area contributed by atoms with Crippen LogP contribution in [0.25, 0.3) is 0 Å². The average Bonchev–Trinajstić information content (AvgIpc) is 2.81. The van der Waals surface area contributed by atoms with E-state index in [0.29, 0.717) is 5.56 Å². The molecule has 1 fully saturated rings. The molecule has 0 saturated heterocycles. The van der Waals surface area contributed by atoms with Crippen LogP contribution in [0, 0.1) is 12.8 Å². The first-order valence-corrected chi connectivity index (χ1v) is 9.16. The number of aryl methyl sites for hydroxylation is 1. The highest BCUT2D eigenvalue weighted by Gasteiger charge is 2.27. The number of hydrogen-bond donors (Lipinski definition) is 2. The zero-order chi connectivity index (χ0) is 17.5. The van der Waals surface area contributed by atoms with Crippen LogP contribution in [0.1, 0.15) is 68.3 Å². The third-order valence-corrected chi connectivity index (χ3v) is 4.83. The maximum Gasteiger partial charge on any atom is 0.252 e. The summed E-state index contributed by atoms with van der Waals surface area (Å²) >= 11 is 0. The Morgan fingerprint density at radius 1 is 1.04 bits per heavy atom. The Morgan fingerprint density at radius 3 is 2.25 bits per heavy atom. The minimum absolute atomic E-state index is 0.0451. The molecule has 2 amide bonds. The van der Waals surface area contributed by atoms with Gasteiger partial charge in [0.1, 0.15) is 6.04 Å². The highest BCUT2D eigenvalue weighted by Crippen LogP contribution is 2.18. The first-order valence-electron chi connectivity index (χ1n) is 9.16. The van der Waals surface area contributed by atoms with E-state index < -0.39 is 6.04 Å². The molecule has 2 rings (SSSR count). The van der Waals surface area contributed by atoms with Gasteiger partial charge >= 0.3 is 0 Å². The summed E-state index contributed by atoms with van der Waals surface area (Å²) in [7, 11) is 0. The Bertz CT molecular complexity index is 561. The molecule has 0 radical (unpaired) electrons. The molecule has 0 bridgehead atoms. The summed E-state index contributed by atoms with van der Waals surface area (Å²) in [5, 5.41) is 6.09. The number of nitrogens with one attached hydrogen (secondary N) is 2. The number of carbonyl (C=O) groups excluding carboxylic acids is 2. The lowest BCUT2D eigenvalue weighted by Gasteiger charge is -2.25. The summed E-state index contributed by atoms with van der Waals surface area (Å²) in [4.78, 5) is 25.2. The van der Waals surface area contributed by atoms with E-state index in [1.807, 2.05) is 39.0 Å². The Balaban J connectivity index is 2.01. The molecule has 4 heteroatoms. The van der Waals surface area contributed by atoms with Crippen molar-refractivity contribution in [1.82, 2.24) is 10.6 Å². The molecule has 1 unspecified atom stereocenters. The van der Waals surface area contributed by atoms with Crippen LogP contribution in [-0.4, -0.2) is 23.9 Å². The summed E-state index contributed by atoms with van der Waals surface area (Å²) in [6.07, 6.45) is 6.94. The third-order valence-electron chi connectivity index (χ3n) is 4.83. The van der Waals surface area contributed by atoms with Crippen molar-refractivity contribution in [2.75, 3.05) is 0 Å². The number of benzene rings is 1. The van der Waals surface area contributed by atoms with Gasteiger partial charge in [-0.2, -0.15) is 0 Å². The zero-order valence-electron chi connectivity index (χ0n) is 15.1. The fraction of sp³-hybridized carbons (Fsp3) is 0.600. The summed E-state index contributed by atoms with van der Waals surface area (Å²) < 4.78 is 0. The third kappa shape index (κ3) is 5.08. The molecule has 132 valence electrons. The summed E-state index contributed by atoms with van der Waals surface area (Å²) in [6.45, 7) is 5.84. The Kier molecular flexibility index (Phi) is 6.83. The second kappa shape index (κ2) is 8.86. The minimum atomic E-state index is -0.500. The van der Waals surface area contributed by atoms with Crippen LogP contribution in [0.15, 0.2) is 24.3 Å². The van der Waals surface area contributed by atoms with Gasteiger partial charge in [-0.25, -0.2) is 0 Å². The van der Waals surface area contributed by atoms with Crippen molar-refractivity contribution in [1.29, 1.82) is 0 Å². The van der Waals surface area contributed by atoms with Gasteiger partial charge in [-0.05, 0) is 37.3 Å². The standard InChI is InChI=1S/C20H30N2O2/c1-14(2)18(20(24)21-16-11-6-4-5-7-12-16)22-19(23)17-13-9-8-10-15(17)3/h8-10,13-14,16,18H,4-7,11-12H2,1-3H3,(H,21,24)(H,22,23). The van der Waals surface area contributed by atoms with E-state index >= 15 is 0 Å². The molecular weight excluding hydrogens is 300 g/mol. The predicted molar refractivity (Wildman–Crippen MR) is 96.9 cm³/mol. The normalized spacial score (nSPS) is 17.2. The molecule has 0 aliphatic heterocycles. The number of amides is 2. The van der Waals surface area contributed by atoms with Gasteiger partial charge < -0.3 is 10.6 Å². The quantitative estimate of drug-likeness (QED) is 0.811. The second-order valence-corrected chi connectivity index (χ2v) is 7.21. The molecule has 2 N–H and O–H groups in total. The van der Waals surface area contributed by atoms with Crippen molar-refractivity contribution >= 4 is 11.8 Å². The predicted octanol–water partition coefficient (Wildman–Crippen LogP) is 3.59. The smallest absolute Gasteiger partial charge is 0.252 e. The van der Waals surface area contributed by atoms with Gasteiger partial charge in [0.25, 0.3) is 5.91 Å². The van der Waals surface area contributed by atoms with Crippen LogP contribution in [0.4, 0.5) is 0 Å². The second-order valence-electron chi connectivity index (χ2n) is 7.21. The van der Waals surface area contributed by atoms with Gasteiger partial charge in [-0.15, -0.1) is 0 Å². The molecule has 0 aromatic heterocycles. The van der Waals surface area contributed by atoms with Crippen LogP contribution in [-0.2, 0) is 4.79 Å². The van der Waals surface area contributed by atoms with Crippen LogP contribution < -0.4 is 10.6 Å². The molecule has 0 heterocycles.